The Hall–Kier alpha value is -2.81. The molecule has 2 N–H and O–H groups in total. The number of halogens is 1. The molecule has 1 saturated heterocycles. The molecule has 7 nitrogen and oxygen atoms in total. The maximum Gasteiger partial charge on any atom is 0.229 e. The molecular formula is C17H16FN5O2S. The Bertz CT molecular complexity index is 955. The number of amides is 2. The maximum absolute atomic E-state index is 14.1. The van der Waals surface area contributed by atoms with Gasteiger partial charge in [-0.15, -0.1) is 11.3 Å². The third-order valence-electron chi connectivity index (χ3n) is 4.39. The third kappa shape index (κ3) is 3.05. The van der Waals surface area contributed by atoms with Crippen LogP contribution in [0.1, 0.15) is 11.4 Å². The van der Waals surface area contributed by atoms with Gasteiger partial charge in [-0.25, -0.2) is 9.37 Å². The largest absolute Gasteiger partial charge is 0.355 e. The van der Waals surface area contributed by atoms with Crippen LogP contribution in [-0.2, 0) is 16.0 Å². The minimum atomic E-state index is -0.475. The Morgan fingerprint density at radius 2 is 2.35 bits per heavy atom. The van der Waals surface area contributed by atoms with Crippen LogP contribution in [-0.4, -0.2) is 40.1 Å². The van der Waals surface area contributed by atoms with Gasteiger partial charge in [-0.3, -0.25) is 19.6 Å². The van der Waals surface area contributed by atoms with E-state index in [4.69, 9.17) is 0 Å². The van der Waals surface area contributed by atoms with Crippen molar-refractivity contribution in [3.63, 3.8) is 0 Å². The van der Waals surface area contributed by atoms with E-state index in [0.29, 0.717) is 18.5 Å². The van der Waals surface area contributed by atoms with Crippen molar-refractivity contribution in [2.45, 2.75) is 12.8 Å². The molecule has 1 fully saturated rings. The molecule has 1 aliphatic rings. The number of carbonyl (C=O) groups excluding carboxylic acids is 2. The van der Waals surface area contributed by atoms with Gasteiger partial charge < -0.3 is 5.32 Å². The second kappa shape index (κ2) is 6.83. The Morgan fingerprint density at radius 1 is 1.46 bits per heavy atom. The number of anilines is 1. The highest BCUT2D eigenvalue weighted by atomic mass is 32.1. The molecule has 0 aliphatic carbocycles. The molecule has 1 atom stereocenters. The number of fused-ring (bicyclic) bond motifs is 1. The van der Waals surface area contributed by atoms with Crippen molar-refractivity contribution in [3.8, 4) is 0 Å². The van der Waals surface area contributed by atoms with Crippen LogP contribution in [0.15, 0.2) is 29.8 Å². The fourth-order valence-corrected chi connectivity index (χ4v) is 3.73. The number of hydrogen-bond donors (Lipinski definition) is 2. The minimum Gasteiger partial charge on any atom is -0.355 e. The van der Waals surface area contributed by atoms with E-state index in [-0.39, 0.29) is 36.0 Å². The van der Waals surface area contributed by atoms with E-state index in [2.05, 4.69) is 20.5 Å². The molecule has 1 unspecified atom stereocenters. The number of H-pyrrole nitrogens is 1. The fourth-order valence-electron chi connectivity index (χ4n) is 3.11. The third-order valence-corrected chi connectivity index (χ3v) is 5.23. The van der Waals surface area contributed by atoms with Crippen LogP contribution in [0.4, 0.5) is 10.2 Å². The molecule has 3 aromatic rings. The molecule has 0 bridgehead atoms. The van der Waals surface area contributed by atoms with E-state index >= 15 is 0 Å². The van der Waals surface area contributed by atoms with E-state index < -0.39 is 11.7 Å². The van der Waals surface area contributed by atoms with Crippen molar-refractivity contribution in [1.82, 2.24) is 20.5 Å². The summed E-state index contributed by atoms with van der Waals surface area (Å²) in [6.07, 6.45) is 2.47. The van der Waals surface area contributed by atoms with Gasteiger partial charge in [0, 0.05) is 37.5 Å². The van der Waals surface area contributed by atoms with Crippen molar-refractivity contribution < 1.29 is 14.0 Å². The van der Waals surface area contributed by atoms with E-state index in [1.165, 1.54) is 22.3 Å². The highest BCUT2D eigenvalue weighted by molar-refractivity contribution is 7.09. The van der Waals surface area contributed by atoms with Crippen molar-refractivity contribution in [3.05, 3.63) is 40.6 Å². The highest BCUT2D eigenvalue weighted by Crippen LogP contribution is 2.31. The van der Waals surface area contributed by atoms with Crippen molar-refractivity contribution >= 4 is 39.9 Å². The lowest BCUT2D eigenvalue weighted by Crippen LogP contribution is -2.34. The predicted octanol–water partition coefficient (Wildman–Crippen LogP) is 1.87. The molecule has 0 saturated carbocycles. The molecule has 26 heavy (non-hydrogen) atoms. The number of aromatic amines is 1. The van der Waals surface area contributed by atoms with Gasteiger partial charge in [-0.2, -0.15) is 5.10 Å². The summed E-state index contributed by atoms with van der Waals surface area (Å²) >= 11 is 1.54. The molecule has 1 aliphatic heterocycles. The first kappa shape index (κ1) is 16.6. The zero-order valence-corrected chi connectivity index (χ0v) is 14.6. The minimum absolute atomic E-state index is 0.0892. The lowest BCUT2D eigenvalue weighted by Gasteiger charge is -2.14. The quantitative estimate of drug-likeness (QED) is 0.714. The molecule has 0 spiro atoms. The average molecular weight is 373 g/mol. The monoisotopic (exact) mass is 373 g/mol. The molecule has 2 aromatic heterocycles. The number of nitrogens with one attached hydrogen (secondary N) is 2. The van der Waals surface area contributed by atoms with E-state index in [1.807, 2.05) is 5.38 Å². The molecule has 134 valence electrons. The Balaban J connectivity index is 1.44. The van der Waals surface area contributed by atoms with Gasteiger partial charge in [0.05, 0.1) is 21.8 Å². The van der Waals surface area contributed by atoms with E-state index in [1.54, 1.807) is 18.3 Å². The summed E-state index contributed by atoms with van der Waals surface area (Å²) in [5.41, 5.74) is 0.518. The number of nitrogens with zero attached hydrogens (tertiary/aromatic N) is 3. The smallest absolute Gasteiger partial charge is 0.229 e. The number of aromatic nitrogens is 3. The SMILES string of the molecule is O=C(NCCc1nccs1)C1CC(=O)N(c2n[nH]c3cccc(F)c23)C1. The molecule has 9 heteroatoms. The second-order valence-electron chi connectivity index (χ2n) is 6.08. The van der Waals surface area contributed by atoms with Crippen LogP contribution >= 0.6 is 11.3 Å². The lowest BCUT2D eigenvalue weighted by atomic mass is 10.1. The second-order valence-corrected chi connectivity index (χ2v) is 7.06. The molecule has 4 rings (SSSR count). The topological polar surface area (TPSA) is 91.0 Å². The van der Waals surface area contributed by atoms with Crippen LogP contribution in [0.2, 0.25) is 0 Å². The molecular weight excluding hydrogens is 357 g/mol. The summed E-state index contributed by atoms with van der Waals surface area (Å²) in [5, 5.41) is 12.8. The normalized spacial score (nSPS) is 17.2. The molecule has 0 radical (unpaired) electrons. The van der Waals surface area contributed by atoms with Crippen molar-refractivity contribution in [2.75, 3.05) is 18.0 Å². The van der Waals surface area contributed by atoms with Gasteiger partial charge in [0.1, 0.15) is 5.82 Å². The fraction of sp³-hybridized carbons (Fsp3) is 0.294. The number of carbonyl (C=O) groups is 2. The Kier molecular flexibility index (Phi) is 4.37. The average Bonchev–Trinajstić information content (AvgIpc) is 3.34. The van der Waals surface area contributed by atoms with E-state index in [9.17, 15) is 14.0 Å². The van der Waals surface area contributed by atoms with Gasteiger partial charge in [0.2, 0.25) is 11.8 Å². The van der Waals surface area contributed by atoms with Crippen molar-refractivity contribution in [1.29, 1.82) is 0 Å². The highest BCUT2D eigenvalue weighted by Gasteiger charge is 2.37. The summed E-state index contributed by atoms with van der Waals surface area (Å²) in [6.45, 7) is 0.660. The molecule has 3 heterocycles. The zero-order chi connectivity index (χ0) is 18.1. The Morgan fingerprint density at radius 3 is 3.15 bits per heavy atom. The maximum atomic E-state index is 14.1. The number of benzene rings is 1. The summed E-state index contributed by atoms with van der Waals surface area (Å²) in [7, 11) is 0. The standard InChI is InChI=1S/C17H16FN5O2S/c18-11-2-1-3-12-15(11)16(22-21-12)23-9-10(8-14(23)24)17(25)20-5-4-13-19-6-7-26-13/h1-3,6-7,10H,4-5,8-9H2,(H,20,25)(H,21,22). The first-order chi connectivity index (χ1) is 12.6. The zero-order valence-electron chi connectivity index (χ0n) is 13.7. The van der Waals surface area contributed by atoms with Gasteiger partial charge in [0.25, 0.3) is 0 Å². The predicted molar refractivity (Wildman–Crippen MR) is 95.3 cm³/mol. The van der Waals surface area contributed by atoms with Crippen LogP contribution in [0.5, 0.6) is 0 Å². The molecule has 1 aromatic carbocycles. The molecule has 2 amide bonds. The summed E-state index contributed by atoms with van der Waals surface area (Å²) in [4.78, 5) is 30.3. The summed E-state index contributed by atoms with van der Waals surface area (Å²) < 4.78 is 14.1. The van der Waals surface area contributed by atoms with Crippen molar-refractivity contribution in [2.24, 2.45) is 5.92 Å². The van der Waals surface area contributed by atoms with Crippen LogP contribution in [0.25, 0.3) is 10.9 Å². The van der Waals surface area contributed by atoms with Crippen LogP contribution in [0.3, 0.4) is 0 Å². The van der Waals surface area contributed by atoms with E-state index in [0.717, 1.165) is 5.01 Å². The Labute approximate surface area is 152 Å². The first-order valence-electron chi connectivity index (χ1n) is 8.22. The summed E-state index contributed by atoms with van der Waals surface area (Å²) in [5.74, 6) is -1.10. The van der Waals surface area contributed by atoms with Crippen LogP contribution in [0, 0.1) is 11.7 Å². The number of hydrogen-bond acceptors (Lipinski definition) is 5. The lowest BCUT2D eigenvalue weighted by molar-refractivity contribution is -0.126. The van der Waals surface area contributed by atoms with Gasteiger partial charge in [-0.05, 0) is 12.1 Å². The van der Waals surface area contributed by atoms with Gasteiger partial charge in [-0.1, -0.05) is 6.07 Å². The number of rotatable bonds is 5. The first-order valence-corrected chi connectivity index (χ1v) is 9.10. The van der Waals surface area contributed by atoms with Gasteiger partial charge in [0.15, 0.2) is 5.82 Å². The summed E-state index contributed by atoms with van der Waals surface area (Å²) in [6, 6.07) is 4.59. The van der Waals surface area contributed by atoms with Gasteiger partial charge >= 0.3 is 0 Å². The number of thiazole rings is 1. The van der Waals surface area contributed by atoms with Crippen LogP contribution < -0.4 is 10.2 Å².